The van der Waals surface area contributed by atoms with E-state index >= 15 is 0 Å². The summed E-state index contributed by atoms with van der Waals surface area (Å²) >= 11 is 2.78. The van der Waals surface area contributed by atoms with E-state index < -0.39 is 32.5 Å². The molecule has 0 bridgehead atoms. The Hall–Kier alpha value is -2.62. The fourth-order valence-corrected chi connectivity index (χ4v) is 2.47. The maximum absolute atomic E-state index is 14.0. The molecule has 0 saturated heterocycles. The number of nitro groups is 1. The van der Waals surface area contributed by atoms with Crippen LogP contribution in [0.3, 0.4) is 0 Å². The van der Waals surface area contributed by atoms with Crippen molar-refractivity contribution in [3.8, 4) is 11.5 Å². The highest BCUT2D eigenvalue weighted by molar-refractivity contribution is 9.10. The molecule has 0 unspecified atom stereocenters. The highest BCUT2D eigenvalue weighted by Crippen LogP contribution is 2.39. The number of ether oxygens (including phenoxy) is 1. The van der Waals surface area contributed by atoms with E-state index in [1.165, 1.54) is 12.1 Å². The molecule has 2 aromatic carbocycles. The van der Waals surface area contributed by atoms with Gasteiger partial charge in [-0.05, 0) is 28.1 Å². The van der Waals surface area contributed by atoms with Crippen LogP contribution in [0.4, 0.5) is 14.5 Å². The van der Waals surface area contributed by atoms with Gasteiger partial charge in [0, 0.05) is 13.1 Å². The van der Waals surface area contributed by atoms with Crippen LogP contribution in [0.1, 0.15) is 0 Å². The highest BCUT2D eigenvalue weighted by Gasteiger charge is 2.25. The van der Waals surface area contributed by atoms with Crippen molar-refractivity contribution in [3.05, 3.63) is 50.5 Å². The van der Waals surface area contributed by atoms with Crippen molar-refractivity contribution < 1.29 is 18.4 Å². The topological polar surface area (TPSA) is 83.1 Å². The van der Waals surface area contributed by atoms with Gasteiger partial charge in [0.15, 0.2) is 11.6 Å². The van der Waals surface area contributed by atoms with E-state index in [2.05, 4.69) is 26.2 Å². The van der Waals surface area contributed by atoms with Gasteiger partial charge in [-0.3, -0.25) is 10.1 Å². The van der Waals surface area contributed by atoms with Crippen molar-refractivity contribution in [2.24, 2.45) is 7.05 Å². The molecule has 1 aromatic heterocycles. The van der Waals surface area contributed by atoms with Gasteiger partial charge in [-0.1, -0.05) is 5.21 Å². The molecule has 0 aliphatic carbocycles. The summed E-state index contributed by atoms with van der Waals surface area (Å²) in [5.41, 5.74) is 0.252. The summed E-state index contributed by atoms with van der Waals surface area (Å²) < 4.78 is 34.3. The molecule has 0 aliphatic rings. The molecule has 0 atom stereocenters. The van der Waals surface area contributed by atoms with Crippen LogP contribution in [-0.4, -0.2) is 19.9 Å². The van der Waals surface area contributed by atoms with Crippen LogP contribution in [0.5, 0.6) is 11.5 Å². The zero-order chi connectivity index (χ0) is 16.7. The van der Waals surface area contributed by atoms with Gasteiger partial charge in [0.05, 0.1) is 16.5 Å². The Morgan fingerprint density at radius 1 is 1.35 bits per heavy atom. The lowest BCUT2D eigenvalue weighted by molar-refractivity contribution is -0.387. The third kappa shape index (κ3) is 2.61. The second kappa shape index (κ2) is 5.54. The summed E-state index contributed by atoms with van der Waals surface area (Å²) in [7, 11) is 1.71. The summed E-state index contributed by atoms with van der Waals surface area (Å²) in [4.78, 5) is 9.65. The van der Waals surface area contributed by atoms with Crippen molar-refractivity contribution >= 4 is 32.7 Å². The average Bonchev–Trinajstić information content (AvgIpc) is 2.88. The zero-order valence-corrected chi connectivity index (χ0v) is 13.0. The van der Waals surface area contributed by atoms with E-state index in [0.717, 1.165) is 5.52 Å². The predicted octanol–water partition coefficient (Wildman–Crippen LogP) is 3.71. The second-order valence-corrected chi connectivity index (χ2v) is 5.35. The fourth-order valence-electron chi connectivity index (χ4n) is 1.99. The number of rotatable bonds is 3. The number of halogens is 3. The molecule has 10 heteroatoms. The van der Waals surface area contributed by atoms with Crippen LogP contribution < -0.4 is 4.74 Å². The lowest BCUT2D eigenvalue weighted by atomic mass is 10.2. The number of hydrogen-bond acceptors (Lipinski definition) is 5. The molecule has 7 nitrogen and oxygen atoms in total. The Morgan fingerprint density at radius 2 is 2.09 bits per heavy atom. The Balaban J connectivity index is 2.04. The van der Waals surface area contributed by atoms with Gasteiger partial charge in [0.2, 0.25) is 5.82 Å². The Morgan fingerprint density at radius 3 is 2.78 bits per heavy atom. The number of fused-ring (bicyclic) bond motifs is 1. The van der Waals surface area contributed by atoms with Crippen molar-refractivity contribution in [3.63, 3.8) is 0 Å². The summed E-state index contributed by atoms with van der Waals surface area (Å²) in [6.45, 7) is 0. The summed E-state index contributed by atoms with van der Waals surface area (Å²) in [5, 5.41) is 18.4. The molecule has 0 aliphatic heterocycles. The lowest BCUT2D eigenvalue weighted by Gasteiger charge is -2.09. The predicted molar refractivity (Wildman–Crippen MR) is 79.3 cm³/mol. The van der Waals surface area contributed by atoms with E-state index in [0.29, 0.717) is 11.6 Å². The minimum Gasteiger partial charge on any atom is -0.453 e. The average molecular weight is 385 g/mol. The molecular formula is C13H7BrF2N4O3. The number of nitrogens with zero attached hydrogens (tertiary/aromatic N) is 4. The first-order valence-electron chi connectivity index (χ1n) is 6.17. The summed E-state index contributed by atoms with van der Waals surface area (Å²) in [6, 6.07) is 5.14. The lowest BCUT2D eigenvalue weighted by Crippen LogP contribution is -1.98. The first-order chi connectivity index (χ1) is 10.9. The standard InChI is InChI=1S/C13H7BrF2N4O3/c1-19-9-3-2-6(4-8(9)17-18-19)23-13-7(15)5-10(20(21)22)12(16)11(13)14/h2-5H,1H3. The van der Waals surface area contributed by atoms with E-state index in [1.807, 2.05) is 0 Å². The van der Waals surface area contributed by atoms with Crippen molar-refractivity contribution in [1.82, 2.24) is 15.0 Å². The maximum Gasteiger partial charge on any atom is 0.309 e. The highest BCUT2D eigenvalue weighted by atomic mass is 79.9. The normalized spacial score (nSPS) is 11.0. The molecule has 0 radical (unpaired) electrons. The van der Waals surface area contributed by atoms with Gasteiger partial charge in [-0.15, -0.1) is 5.10 Å². The molecule has 23 heavy (non-hydrogen) atoms. The Bertz CT molecular complexity index is 945. The van der Waals surface area contributed by atoms with Crippen LogP contribution in [0.2, 0.25) is 0 Å². The van der Waals surface area contributed by atoms with Crippen molar-refractivity contribution in [2.45, 2.75) is 0 Å². The van der Waals surface area contributed by atoms with Gasteiger partial charge >= 0.3 is 5.69 Å². The van der Waals surface area contributed by atoms with Crippen LogP contribution in [0, 0.1) is 21.7 Å². The molecule has 0 spiro atoms. The van der Waals surface area contributed by atoms with E-state index in [4.69, 9.17) is 4.74 Å². The molecule has 0 fully saturated rings. The molecular weight excluding hydrogens is 378 g/mol. The van der Waals surface area contributed by atoms with Gasteiger partial charge in [-0.2, -0.15) is 4.39 Å². The van der Waals surface area contributed by atoms with E-state index in [1.54, 1.807) is 17.8 Å². The fraction of sp³-hybridized carbons (Fsp3) is 0.0769. The van der Waals surface area contributed by atoms with Gasteiger partial charge < -0.3 is 4.74 Å². The molecule has 1 heterocycles. The third-order valence-electron chi connectivity index (χ3n) is 3.10. The molecule has 118 valence electrons. The molecule has 0 amide bonds. The van der Waals surface area contributed by atoms with Gasteiger partial charge in [-0.25, -0.2) is 9.07 Å². The number of hydrogen-bond donors (Lipinski definition) is 0. The van der Waals surface area contributed by atoms with Crippen LogP contribution >= 0.6 is 15.9 Å². The molecule has 3 aromatic rings. The quantitative estimate of drug-likeness (QED) is 0.390. The number of aryl methyl sites for hydroxylation is 1. The van der Waals surface area contributed by atoms with Crippen LogP contribution in [0.15, 0.2) is 28.7 Å². The van der Waals surface area contributed by atoms with Crippen LogP contribution in [0.25, 0.3) is 11.0 Å². The first-order valence-corrected chi connectivity index (χ1v) is 6.97. The molecule has 0 saturated carbocycles. The monoisotopic (exact) mass is 384 g/mol. The number of aromatic nitrogens is 3. The third-order valence-corrected chi connectivity index (χ3v) is 3.80. The Kier molecular flexibility index (Phi) is 3.68. The van der Waals surface area contributed by atoms with Crippen LogP contribution in [-0.2, 0) is 7.05 Å². The SMILES string of the molecule is Cn1nnc2cc(Oc3c(F)cc([N+](=O)[O-])c(F)c3Br)ccc21. The minimum absolute atomic E-state index is 0.186. The van der Waals surface area contributed by atoms with Crippen molar-refractivity contribution in [1.29, 1.82) is 0 Å². The summed E-state index contributed by atoms with van der Waals surface area (Å²) in [5.74, 6) is -2.58. The van der Waals surface area contributed by atoms with Gasteiger partial charge in [0.25, 0.3) is 0 Å². The number of nitro benzene ring substituents is 1. The summed E-state index contributed by atoms with van der Waals surface area (Å²) in [6.07, 6.45) is 0. The smallest absolute Gasteiger partial charge is 0.309 e. The maximum atomic E-state index is 14.0. The van der Waals surface area contributed by atoms with E-state index in [9.17, 15) is 18.9 Å². The minimum atomic E-state index is -1.22. The molecule has 0 N–H and O–H groups in total. The number of benzene rings is 2. The second-order valence-electron chi connectivity index (χ2n) is 4.56. The zero-order valence-electron chi connectivity index (χ0n) is 11.5. The van der Waals surface area contributed by atoms with Gasteiger partial charge in [0.1, 0.15) is 15.7 Å². The Labute approximate surface area is 135 Å². The largest absolute Gasteiger partial charge is 0.453 e. The van der Waals surface area contributed by atoms with E-state index in [-0.39, 0.29) is 5.75 Å². The molecule has 3 rings (SSSR count). The van der Waals surface area contributed by atoms with Crippen molar-refractivity contribution in [2.75, 3.05) is 0 Å². The first kappa shape index (κ1) is 15.3.